The average Bonchev–Trinajstić information content (AvgIpc) is 2.55. The summed E-state index contributed by atoms with van der Waals surface area (Å²) in [7, 11) is 3.81. The summed E-state index contributed by atoms with van der Waals surface area (Å²) in [5.41, 5.74) is 1.33. The van der Waals surface area contributed by atoms with E-state index in [0.29, 0.717) is 11.5 Å². The number of carbonyl (C=O) groups is 2. The zero-order chi connectivity index (χ0) is 18.1. The van der Waals surface area contributed by atoms with Crippen molar-refractivity contribution in [1.29, 1.82) is 0 Å². The first kappa shape index (κ1) is 18.6. The lowest BCUT2D eigenvalue weighted by Gasteiger charge is -2.12. The molecule has 0 amide bonds. The summed E-state index contributed by atoms with van der Waals surface area (Å²) in [4.78, 5) is 24.1. The van der Waals surface area contributed by atoms with Gasteiger partial charge in [-0.1, -0.05) is 6.07 Å². The van der Waals surface area contributed by atoms with E-state index in [0.717, 1.165) is 5.69 Å². The molecular formula is C15H16N4O5. The van der Waals surface area contributed by atoms with Crippen LogP contribution in [-0.4, -0.2) is 46.3 Å². The van der Waals surface area contributed by atoms with Gasteiger partial charge in [0.15, 0.2) is 5.82 Å². The summed E-state index contributed by atoms with van der Waals surface area (Å²) >= 11 is 0. The van der Waals surface area contributed by atoms with Crippen LogP contribution in [0.1, 0.15) is 0 Å². The van der Waals surface area contributed by atoms with E-state index in [2.05, 4.69) is 15.2 Å². The highest BCUT2D eigenvalue weighted by molar-refractivity contribution is 6.27. The van der Waals surface area contributed by atoms with Gasteiger partial charge in [0.2, 0.25) is 0 Å². The number of aliphatic carboxylic acids is 2. The van der Waals surface area contributed by atoms with E-state index in [1.54, 1.807) is 24.4 Å². The van der Waals surface area contributed by atoms with Gasteiger partial charge in [-0.3, -0.25) is 0 Å². The first-order chi connectivity index (χ1) is 11.3. The molecule has 0 aliphatic rings. The molecule has 0 atom stereocenters. The molecule has 2 rings (SSSR count). The smallest absolute Gasteiger partial charge is 0.414 e. The fraction of sp³-hybridized carbons (Fsp3) is 0.133. The number of nitrogens with zero attached hydrogens (tertiary/aromatic N) is 4. The van der Waals surface area contributed by atoms with Gasteiger partial charge in [-0.05, 0) is 24.3 Å². The lowest BCUT2D eigenvalue weighted by Crippen LogP contribution is -2.09. The Bertz CT molecular complexity index is 720. The molecule has 0 aliphatic heterocycles. The largest absolute Gasteiger partial charge is 0.506 e. The molecule has 9 nitrogen and oxygen atoms in total. The van der Waals surface area contributed by atoms with E-state index < -0.39 is 11.9 Å². The van der Waals surface area contributed by atoms with Crippen molar-refractivity contribution in [3.8, 4) is 5.75 Å². The summed E-state index contributed by atoms with van der Waals surface area (Å²) in [5, 5.41) is 32.5. The molecule has 0 spiro atoms. The maximum atomic E-state index is 9.82. The summed E-state index contributed by atoms with van der Waals surface area (Å²) in [6, 6.07) is 10.6. The SMILES string of the molecule is CN(C)c1ccc(N=Nc2ccccn2)c(O)c1.O=C(O)C(=O)O. The van der Waals surface area contributed by atoms with Gasteiger partial charge in [0.1, 0.15) is 11.4 Å². The van der Waals surface area contributed by atoms with Crippen molar-refractivity contribution in [2.24, 2.45) is 10.2 Å². The van der Waals surface area contributed by atoms with Crippen LogP contribution in [-0.2, 0) is 9.59 Å². The van der Waals surface area contributed by atoms with Crippen LogP contribution in [0.4, 0.5) is 17.2 Å². The summed E-state index contributed by atoms with van der Waals surface area (Å²) in [5.74, 6) is -3.04. The van der Waals surface area contributed by atoms with Crippen molar-refractivity contribution in [1.82, 2.24) is 4.98 Å². The predicted octanol–water partition coefficient (Wildman–Crippen LogP) is 2.42. The number of pyridine rings is 1. The number of phenols is 1. The van der Waals surface area contributed by atoms with Gasteiger partial charge in [-0.15, -0.1) is 10.2 Å². The third kappa shape index (κ3) is 6.10. The minimum atomic E-state index is -1.82. The second-order valence-electron chi connectivity index (χ2n) is 4.57. The number of hydrogen-bond acceptors (Lipinski definition) is 7. The third-order valence-corrected chi connectivity index (χ3v) is 2.57. The number of benzene rings is 1. The fourth-order valence-electron chi connectivity index (χ4n) is 1.39. The predicted molar refractivity (Wildman–Crippen MR) is 86.1 cm³/mol. The molecule has 1 aromatic heterocycles. The Labute approximate surface area is 137 Å². The van der Waals surface area contributed by atoms with Crippen molar-refractivity contribution in [2.45, 2.75) is 0 Å². The zero-order valence-electron chi connectivity index (χ0n) is 13.0. The van der Waals surface area contributed by atoms with E-state index in [4.69, 9.17) is 19.8 Å². The lowest BCUT2D eigenvalue weighted by molar-refractivity contribution is -0.159. The van der Waals surface area contributed by atoms with Crippen LogP contribution in [0.25, 0.3) is 0 Å². The molecule has 0 saturated heterocycles. The molecule has 0 unspecified atom stereocenters. The fourth-order valence-corrected chi connectivity index (χ4v) is 1.39. The van der Waals surface area contributed by atoms with Gasteiger partial charge in [0.05, 0.1) is 0 Å². The van der Waals surface area contributed by atoms with Crippen LogP contribution in [0, 0.1) is 0 Å². The van der Waals surface area contributed by atoms with E-state index in [-0.39, 0.29) is 5.75 Å². The van der Waals surface area contributed by atoms with Crippen LogP contribution in [0.5, 0.6) is 5.75 Å². The summed E-state index contributed by atoms with van der Waals surface area (Å²) in [6.07, 6.45) is 1.64. The highest BCUT2D eigenvalue weighted by atomic mass is 16.4. The quantitative estimate of drug-likeness (QED) is 0.580. The van der Waals surface area contributed by atoms with E-state index in [1.165, 1.54) is 0 Å². The molecule has 126 valence electrons. The van der Waals surface area contributed by atoms with Gasteiger partial charge in [-0.2, -0.15) is 0 Å². The second-order valence-corrected chi connectivity index (χ2v) is 4.57. The Balaban J connectivity index is 0.000000413. The monoisotopic (exact) mass is 332 g/mol. The Morgan fingerprint density at radius 3 is 2.17 bits per heavy atom. The number of aromatic hydroxyl groups is 1. The lowest BCUT2D eigenvalue weighted by atomic mass is 10.2. The molecule has 9 heteroatoms. The van der Waals surface area contributed by atoms with Gasteiger partial charge in [0.25, 0.3) is 0 Å². The van der Waals surface area contributed by atoms with Crippen molar-refractivity contribution in [3.05, 3.63) is 42.6 Å². The van der Waals surface area contributed by atoms with Crippen LogP contribution in [0.15, 0.2) is 52.8 Å². The van der Waals surface area contributed by atoms with Crippen molar-refractivity contribution in [3.63, 3.8) is 0 Å². The van der Waals surface area contributed by atoms with Gasteiger partial charge in [-0.25, -0.2) is 14.6 Å². The minimum Gasteiger partial charge on any atom is -0.506 e. The van der Waals surface area contributed by atoms with Gasteiger partial charge >= 0.3 is 11.9 Å². The molecule has 3 N–H and O–H groups in total. The number of rotatable bonds is 3. The van der Waals surface area contributed by atoms with E-state index >= 15 is 0 Å². The van der Waals surface area contributed by atoms with Crippen molar-refractivity contribution >= 4 is 29.1 Å². The van der Waals surface area contributed by atoms with Crippen LogP contribution in [0.3, 0.4) is 0 Å². The van der Waals surface area contributed by atoms with E-state index in [1.807, 2.05) is 37.2 Å². The Morgan fingerprint density at radius 2 is 1.71 bits per heavy atom. The maximum absolute atomic E-state index is 9.82. The molecule has 1 aromatic carbocycles. The molecule has 0 radical (unpaired) electrons. The minimum absolute atomic E-state index is 0.0980. The highest BCUT2D eigenvalue weighted by Gasteiger charge is 2.04. The van der Waals surface area contributed by atoms with Crippen molar-refractivity contribution in [2.75, 3.05) is 19.0 Å². The van der Waals surface area contributed by atoms with Crippen molar-refractivity contribution < 1.29 is 24.9 Å². The van der Waals surface area contributed by atoms with Crippen LogP contribution >= 0.6 is 0 Å². The van der Waals surface area contributed by atoms with Crippen LogP contribution in [0.2, 0.25) is 0 Å². The molecule has 0 bridgehead atoms. The standard InChI is InChI=1S/C13H14N4O.C2H2O4/c1-17(2)10-6-7-11(12(18)9-10)15-16-13-5-3-4-8-14-13;3-1(4)2(5)6/h3-9,18H,1-2H3;(H,3,4)(H,5,6). The van der Waals surface area contributed by atoms with Crippen LogP contribution < -0.4 is 4.90 Å². The topological polar surface area (TPSA) is 136 Å². The number of azo groups is 1. The number of anilines is 1. The first-order valence-electron chi connectivity index (χ1n) is 6.60. The number of aromatic nitrogens is 1. The highest BCUT2D eigenvalue weighted by Crippen LogP contribution is 2.31. The zero-order valence-corrected chi connectivity index (χ0v) is 13.0. The number of carboxylic acid groups (broad SMARTS) is 2. The van der Waals surface area contributed by atoms with E-state index in [9.17, 15) is 5.11 Å². The Morgan fingerprint density at radius 1 is 1.04 bits per heavy atom. The number of carboxylic acids is 2. The molecular weight excluding hydrogens is 316 g/mol. The molecule has 24 heavy (non-hydrogen) atoms. The molecule has 1 heterocycles. The molecule has 0 saturated carbocycles. The average molecular weight is 332 g/mol. The second kappa shape index (κ2) is 8.83. The number of phenolic OH excluding ortho intramolecular Hbond substituents is 1. The third-order valence-electron chi connectivity index (χ3n) is 2.57. The molecule has 0 aliphatic carbocycles. The maximum Gasteiger partial charge on any atom is 0.414 e. The Hall–Kier alpha value is -3.49. The first-order valence-corrected chi connectivity index (χ1v) is 6.60. The summed E-state index contributed by atoms with van der Waals surface area (Å²) < 4.78 is 0. The Kier molecular flexibility index (Phi) is 6.83. The molecule has 0 fully saturated rings. The summed E-state index contributed by atoms with van der Waals surface area (Å²) in [6.45, 7) is 0. The normalized spacial score (nSPS) is 9.92. The van der Waals surface area contributed by atoms with Gasteiger partial charge < -0.3 is 20.2 Å². The number of hydrogen-bond donors (Lipinski definition) is 3. The molecule has 2 aromatic rings. The van der Waals surface area contributed by atoms with Gasteiger partial charge in [0, 0.05) is 32.0 Å².